The molecule has 2 amide bonds. The Balaban J connectivity index is 1.27. The number of ether oxygens (including phenoxy) is 1. The molecule has 4 rings (SSSR count). The quantitative estimate of drug-likeness (QED) is 0.821. The average molecular weight is 380 g/mol. The Morgan fingerprint density at radius 2 is 1.14 bits per heavy atom. The molecule has 2 aliphatic heterocycles. The minimum absolute atomic E-state index is 0.182. The first-order chi connectivity index (χ1) is 13.7. The predicted octanol–water partition coefficient (Wildman–Crippen LogP) is 2.76. The molecule has 2 saturated heterocycles. The molecule has 0 aromatic heterocycles. The van der Waals surface area contributed by atoms with Crippen LogP contribution in [0.1, 0.15) is 0 Å². The average Bonchev–Trinajstić information content (AvgIpc) is 2.79. The Morgan fingerprint density at radius 3 is 1.61 bits per heavy atom. The van der Waals surface area contributed by atoms with Crippen LogP contribution in [0.25, 0.3) is 0 Å². The topological polar surface area (TPSA) is 39.3 Å². The third-order valence-corrected chi connectivity index (χ3v) is 5.66. The Kier molecular flexibility index (Phi) is 5.55. The van der Waals surface area contributed by atoms with Gasteiger partial charge < -0.3 is 24.3 Å². The van der Waals surface area contributed by atoms with Crippen molar-refractivity contribution in [3.63, 3.8) is 0 Å². The second-order valence-corrected chi connectivity index (χ2v) is 7.26. The Morgan fingerprint density at radius 1 is 0.679 bits per heavy atom. The van der Waals surface area contributed by atoms with Gasteiger partial charge in [0.1, 0.15) is 5.75 Å². The molecule has 2 aliphatic rings. The van der Waals surface area contributed by atoms with Crippen molar-refractivity contribution in [2.75, 3.05) is 69.3 Å². The molecule has 0 unspecified atom stereocenters. The Labute approximate surface area is 166 Å². The molecule has 0 spiro atoms. The third kappa shape index (κ3) is 4.01. The van der Waals surface area contributed by atoms with Crippen LogP contribution in [0.15, 0.2) is 54.6 Å². The van der Waals surface area contributed by atoms with Gasteiger partial charge in [0.25, 0.3) is 0 Å². The van der Waals surface area contributed by atoms with Crippen molar-refractivity contribution in [1.82, 2.24) is 9.80 Å². The minimum atomic E-state index is 0.182. The Hall–Kier alpha value is -2.89. The summed E-state index contributed by atoms with van der Waals surface area (Å²) in [6, 6.07) is 18.8. The van der Waals surface area contributed by atoms with Gasteiger partial charge in [-0.3, -0.25) is 0 Å². The summed E-state index contributed by atoms with van der Waals surface area (Å²) in [5, 5.41) is 0. The van der Waals surface area contributed by atoms with Crippen LogP contribution in [0.3, 0.4) is 0 Å². The van der Waals surface area contributed by atoms with Crippen LogP contribution in [0, 0.1) is 0 Å². The van der Waals surface area contributed by atoms with Gasteiger partial charge in [-0.25, -0.2) is 4.79 Å². The lowest BCUT2D eigenvalue weighted by atomic mass is 10.2. The summed E-state index contributed by atoms with van der Waals surface area (Å²) >= 11 is 0. The number of urea groups is 1. The molecule has 0 atom stereocenters. The molecule has 2 aromatic rings. The molecular formula is C22H28N4O2. The SMILES string of the molecule is COc1ccc(N2CCN(C(=O)N3CCN(c4ccccc4)CC3)CC2)cc1. The molecule has 0 bridgehead atoms. The number of carbonyl (C=O) groups is 1. The third-order valence-electron chi connectivity index (χ3n) is 5.66. The highest BCUT2D eigenvalue weighted by atomic mass is 16.5. The maximum atomic E-state index is 12.9. The first kappa shape index (κ1) is 18.5. The van der Waals surface area contributed by atoms with Gasteiger partial charge in [-0.15, -0.1) is 0 Å². The molecule has 0 saturated carbocycles. The zero-order valence-electron chi connectivity index (χ0n) is 16.5. The summed E-state index contributed by atoms with van der Waals surface area (Å²) in [5.41, 5.74) is 2.42. The van der Waals surface area contributed by atoms with Gasteiger partial charge in [0.05, 0.1) is 7.11 Å². The lowest BCUT2D eigenvalue weighted by molar-refractivity contribution is 0.147. The van der Waals surface area contributed by atoms with Gasteiger partial charge in [0, 0.05) is 63.7 Å². The monoisotopic (exact) mass is 380 g/mol. The van der Waals surface area contributed by atoms with E-state index in [1.54, 1.807) is 7.11 Å². The number of methoxy groups -OCH3 is 1. The largest absolute Gasteiger partial charge is 0.497 e. The number of para-hydroxylation sites is 1. The standard InChI is InChI=1S/C22H28N4O2/c1-28-21-9-7-20(8-10-21)24-13-17-26(18-14-24)22(27)25-15-11-23(12-16-25)19-5-3-2-4-6-19/h2-10H,11-18H2,1H3. The molecule has 0 radical (unpaired) electrons. The summed E-state index contributed by atoms with van der Waals surface area (Å²) in [6.45, 7) is 6.61. The van der Waals surface area contributed by atoms with E-state index in [0.717, 1.165) is 58.1 Å². The van der Waals surface area contributed by atoms with Gasteiger partial charge in [-0.05, 0) is 36.4 Å². The van der Waals surface area contributed by atoms with Gasteiger partial charge in [-0.2, -0.15) is 0 Å². The maximum absolute atomic E-state index is 12.9. The number of hydrogen-bond acceptors (Lipinski definition) is 4. The number of anilines is 2. The van der Waals surface area contributed by atoms with Crippen LogP contribution in [-0.2, 0) is 0 Å². The minimum Gasteiger partial charge on any atom is -0.497 e. The lowest BCUT2D eigenvalue weighted by Crippen LogP contribution is -2.57. The molecule has 0 aliphatic carbocycles. The summed E-state index contributed by atoms with van der Waals surface area (Å²) in [6.07, 6.45) is 0. The van der Waals surface area contributed by atoms with Crippen molar-refractivity contribution in [2.45, 2.75) is 0 Å². The van der Waals surface area contributed by atoms with E-state index < -0.39 is 0 Å². The van der Waals surface area contributed by atoms with E-state index in [4.69, 9.17) is 4.74 Å². The second kappa shape index (κ2) is 8.42. The maximum Gasteiger partial charge on any atom is 0.320 e. The number of carbonyl (C=O) groups excluding carboxylic acids is 1. The smallest absolute Gasteiger partial charge is 0.320 e. The van der Waals surface area contributed by atoms with E-state index in [2.05, 4.69) is 46.2 Å². The molecule has 0 N–H and O–H groups in total. The number of nitrogens with zero attached hydrogens (tertiary/aromatic N) is 4. The van der Waals surface area contributed by atoms with Crippen LogP contribution in [0.4, 0.5) is 16.2 Å². The normalized spacial score (nSPS) is 17.6. The lowest BCUT2D eigenvalue weighted by Gasteiger charge is -2.41. The first-order valence-electron chi connectivity index (χ1n) is 9.97. The highest BCUT2D eigenvalue weighted by Gasteiger charge is 2.28. The molecule has 6 nitrogen and oxygen atoms in total. The number of amides is 2. The Bertz CT molecular complexity index is 765. The van der Waals surface area contributed by atoms with Crippen LogP contribution in [-0.4, -0.2) is 75.3 Å². The highest BCUT2D eigenvalue weighted by molar-refractivity contribution is 5.75. The van der Waals surface area contributed by atoms with Crippen LogP contribution in [0.5, 0.6) is 5.75 Å². The van der Waals surface area contributed by atoms with Crippen molar-refractivity contribution >= 4 is 17.4 Å². The fourth-order valence-electron chi connectivity index (χ4n) is 3.94. The zero-order valence-corrected chi connectivity index (χ0v) is 16.5. The van der Waals surface area contributed by atoms with Gasteiger partial charge in [-0.1, -0.05) is 18.2 Å². The summed E-state index contributed by atoms with van der Waals surface area (Å²) < 4.78 is 5.23. The van der Waals surface area contributed by atoms with Crippen LogP contribution < -0.4 is 14.5 Å². The number of hydrogen-bond donors (Lipinski definition) is 0. The molecule has 28 heavy (non-hydrogen) atoms. The molecule has 148 valence electrons. The van der Waals surface area contributed by atoms with E-state index in [1.807, 2.05) is 28.0 Å². The summed E-state index contributed by atoms with van der Waals surface area (Å²) in [4.78, 5) is 21.6. The molecular weight excluding hydrogens is 352 g/mol. The van der Waals surface area contributed by atoms with Crippen LogP contribution >= 0.6 is 0 Å². The van der Waals surface area contributed by atoms with E-state index >= 15 is 0 Å². The molecule has 2 aromatic carbocycles. The van der Waals surface area contributed by atoms with Crippen molar-refractivity contribution in [2.24, 2.45) is 0 Å². The fourth-order valence-corrected chi connectivity index (χ4v) is 3.94. The van der Waals surface area contributed by atoms with Crippen LogP contribution in [0.2, 0.25) is 0 Å². The van der Waals surface area contributed by atoms with Crippen molar-refractivity contribution in [1.29, 1.82) is 0 Å². The van der Waals surface area contributed by atoms with Crippen molar-refractivity contribution in [3.8, 4) is 5.75 Å². The first-order valence-corrected chi connectivity index (χ1v) is 9.97. The predicted molar refractivity (Wildman–Crippen MR) is 112 cm³/mol. The van der Waals surface area contributed by atoms with Crippen molar-refractivity contribution < 1.29 is 9.53 Å². The van der Waals surface area contributed by atoms with E-state index in [9.17, 15) is 4.79 Å². The number of piperazine rings is 2. The molecule has 2 fully saturated rings. The van der Waals surface area contributed by atoms with Gasteiger partial charge >= 0.3 is 6.03 Å². The number of benzene rings is 2. The van der Waals surface area contributed by atoms with E-state index in [0.29, 0.717) is 0 Å². The summed E-state index contributed by atoms with van der Waals surface area (Å²) in [5.74, 6) is 0.868. The van der Waals surface area contributed by atoms with Gasteiger partial charge in [0.2, 0.25) is 0 Å². The van der Waals surface area contributed by atoms with Crippen molar-refractivity contribution in [3.05, 3.63) is 54.6 Å². The van der Waals surface area contributed by atoms with E-state index in [-0.39, 0.29) is 6.03 Å². The number of rotatable bonds is 3. The fraction of sp³-hybridized carbons (Fsp3) is 0.409. The highest BCUT2D eigenvalue weighted by Crippen LogP contribution is 2.21. The molecule has 2 heterocycles. The summed E-state index contributed by atoms with van der Waals surface area (Å²) in [7, 11) is 1.68. The zero-order chi connectivity index (χ0) is 19.3. The second-order valence-electron chi connectivity index (χ2n) is 7.26. The van der Waals surface area contributed by atoms with E-state index in [1.165, 1.54) is 11.4 Å². The van der Waals surface area contributed by atoms with Gasteiger partial charge in [0.15, 0.2) is 0 Å². The molecule has 6 heteroatoms.